The van der Waals surface area contributed by atoms with Crippen LogP contribution in [0.15, 0.2) is 23.1 Å². The molecule has 0 aromatic carbocycles. The Hall–Kier alpha value is -2.45. The van der Waals surface area contributed by atoms with E-state index in [9.17, 15) is 14.7 Å². The van der Waals surface area contributed by atoms with Crippen molar-refractivity contribution in [3.05, 3.63) is 34.2 Å². The first kappa shape index (κ1) is 18.9. The molecule has 0 fully saturated rings. The maximum absolute atomic E-state index is 12.8. The Kier molecular flexibility index (Phi) is 6.49. The van der Waals surface area contributed by atoms with Crippen LogP contribution in [-0.2, 0) is 20.8 Å². The van der Waals surface area contributed by atoms with E-state index >= 15 is 0 Å². The number of aromatic hydroxyl groups is 1. The third kappa shape index (κ3) is 3.97. The smallest absolute Gasteiger partial charge is 0.347 e. The van der Waals surface area contributed by atoms with Crippen molar-refractivity contribution in [3.8, 4) is 5.75 Å². The number of fused-ring (bicyclic) bond motifs is 1. The lowest BCUT2D eigenvalue weighted by atomic mass is 10.1. The summed E-state index contributed by atoms with van der Waals surface area (Å²) in [5.41, 5.74) is -0.886. The number of hydrogen-bond acceptors (Lipinski definition) is 7. The molecule has 136 valence electrons. The summed E-state index contributed by atoms with van der Waals surface area (Å²) in [7, 11) is 0. The molecule has 0 spiro atoms. The van der Waals surface area contributed by atoms with Gasteiger partial charge in [0.2, 0.25) is 0 Å². The monoisotopic (exact) mass is 350 g/mol. The minimum Gasteiger partial charge on any atom is -0.506 e. The number of esters is 1. The molecule has 0 saturated carbocycles. The summed E-state index contributed by atoms with van der Waals surface area (Å²) in [6.07, 6.45) is 0.815. The predicted octanol–water partition coefficient (Wildman–Crippen LogP) is 1.68. The maximum Gasteiger partial charge on any atom is 0.347 e. The van der Waals surface area contributed by atoms with E-state index in [2.05, 4.69) is 4.98 Å². The Labute approximate surface area is 145 Å². The van der Waals surface area contributed by atoms with Crippen LogP contribution in [0.3, 0.4) is 0 Å². The molecule has 2 heterocycles. The topological polar surface area (TPSA) is 99.9 Å². The molecule has 0 aliphatic heterocycles. The molecule has 2 rings (SSSR count). The minimum absolute atomic E-state index is 0.0285. The second-order valence-corrected chi connectivity index (χ2v) is 5.07. The number of nitrogens with zero attached hydrogens (tertiary/aromatic N) is 2. The fourth-order valence-corrected chi connectivity index (χ4v) is 2.50. The van der Waals surface area contributed by atoms with Crippen molar-refractivity contribution in [3.63, 3.8) is 0 Å². The first-order valence-electron chi connectivity index (χ1n) is 8.15. The average molecular weight is 350 g/mol. The van der Waals surface area contributed by atoms with Crippen molar-refractivity contribution in [2.24, 2.45) is 0 Å². The van der Waals surface area contributed by atoms with Crippen LogP contribution in [0, 0.1) is 0 Å². The standard InChI is InChI=1S/C17H22N2O6/c1-4-23-12(24-5-2)10-19-15-11(8-7-9-18-15)14(20)13(16(19)21)17(22)25-6-3/h7-9,12,20H,4-6,10H2,1-3H3. The van der Waals surface area contributed by atoms with E-state index in [1.807, 2.05) is 13.8 Å². The van der Waals surface area contributed by atoms with Crippen LogP contribution in [-0.4, -0.2) is 46.7 Å². The summed E-state index contributed by atoms with van der Waals surface area (Å²) in [6.45, 7) is 6.15. The van der Waals surface area contributed by atoms with E-state index in [4.69, 9.17) is 14.2 Å². The Balaban J connectivity index is 2.65. The highest BCUT2D eigenvalue weighted by molar-refractivity contribution is 5.98. The first-order valence-corrected chi connectivity index (χ1v) is 8.15. The normalized spacial score (nSPS) is 11.2. The van der Waals surface area contributed by atoms with Crippen molar-refractivity contribution in [2.45, 2.75) is 33.6 Å². The summed E-state index contributed by atoms with van der Waals surface area (Å²) in [4.78, 5) is 29.1. The summed E-state index contributed by atoms with van der Waals surface area (Å²) >= 11 is 0. The molecule has 1 N–H and O–H groups in total. The SMILES string of the molecule is CCOC(=O)c1c(O)c2cccnc2n(CC(OCC)OCC)c1=O. The number of aromatic nitrogens is 2. The van der Waals surface area contributed by atoms with Gasteiger partial charge in [-0.2, -0.15) is 0 Å². The van der Waals surface area contributed by atoms with E-state index in [0.29, 0.717) is 13.2 Å². The van der Waals surface area contributed by atoms with Gasteiger partial charge in [0.05, 0.1) is 18.5 Å². The van der Waals surface area contributed by atoms with Crippen LogP contribution < -0.4 is 5.56 Å². The molecule has 2 aromatic heterocycles. The van der Waals surface area contributed by atoms with Gasteiger partial charge in [0.1, 0.15) is 11.4 Å². The van der Waals surface area contributed by atoms with E-state index in [-0.39, 0.29) is 24.2 Å². The van der Waals surface area contributed by atoms with Gasteiger partial charge >= 0.3 is 5.97 Å². The van der Waals surface area contributed by atoms with Crippen LogP contribution in [0.4, 0.5) is 0 Å². The third-order valence-electron chi connectivity index (χ3n) is 3.51. The lowest BCUT2D eigenvalue weighted by Crippen LogP contribution is -2.34. The largest absolute Gasteiger partial charge is 0.506 e. The first-order chi connectivity index (χ1) is 12.0. The van der Waals surface area contributed by atoms with Crippen LogP contribution in [0.25, 0.3) is 11.0 Å². The summed E-state index contributed by atoms with van der Waals surface area (Å²) in [5, 5.41) is 10.7. The number of carbonyl (C=O) groups is 1. The lowest BCUT2D eigenvalue weighted by Gasteiger charge is -2.20. The molecular weight excluding hydrogens is 328 g/mol. The highest BCUT2D eigenvalue weighted by atomic mass is 16.7. The zero-order valence-electron chi connectivity index (χ0n) is 14.5. The van der Waals surface area contributed by atoms with Gasteiger partial charge in [-0.15, -0.1) is 0 Å². The molecule has 0 amide bonds. The Morgan fingerprint density at radius 3 is 2.52 bits per heavy atom. The zero-order chi connectivity index (χ0) is 18.4. The number of ether oxygens (including phenoxy) is 3. The highest BCUT2D eigenvalue weighted by Gasteiger charge is 2.25. The molecule has 0 radical (unpaired) electrons. The second kappa shape index (κ2) is 8.59. The van der Waals surface area contributed by atoms with Crippen molar-refractivity contribution in [1.82, 2.24) is 9.55 Å². The Morgan fingerprint density at radius 1 is 1.24 bits per heavy atom. The molecule has 8 nitrogen and oxygen atoms in total. The van der Waals surface area contributed by atoms with Crippen LogP contribution >= 0.6 is 0 Å². The van der Waals surface area contributed by atoms with Crippen molar-refractivity contribution in [2.75, 3.05) is 19.8 Å². The van der Waals surface area contributed by atoms with Crippen molar-refractivity contribution < 1.29 is 24.1 Å². The minimum atomic E-state index is -0.881. The number of carbonyl (C=O) groups excluding carboxylic acids is 1. The lowest BCUT2D eigenvalue weighted by molar-refractivity contribution is -0.143. The molecule has 0 aliphatic rings. The summed E-state index contributed by atoms with van der Waals surface area (Å²) in [5.74, 6) is -1.32. The van der Waals surface area contributed by atoms with Crippen LogP contribution in [0.2, 0.25) is 0 Å². The fraction of sp³-hybridized carbons (Fsp3) is 0.471. The van der Waals surface area contributed by atoms with Crippen LogP contribution in [0.1, 0.15) is 31.1 Å². The second-order valence-electron chi connectivity index (χ2n) is 5.07. The van der Waals surface area contributed by atoms with Crippen molar-refractivity contribution >= 4 is 17.0 Å². The predicted molar refractivity (Wildman–Crippen MR) is 90.7 cm³/mol. The quantitative estimate of drug-likeness (QED) is 0.571. The highest BCUT2D eigenvalue weighted by Crippen LogP contribution is 2.25. The third-order valence-corrected chi connectivity index (χ3v) is 3.51. The molecule has 0 aliphatic carbocycles. The Bertz CT molecular complexity index is 796. The van der Waals surface area contributed by atoms with Gasteiger partial charge in [-0.3, -0.25) is 9.36 Å². The van der Waals surface area contributed by atoms with Gasteiger partial charge in [-0.1, -0.05) is 0 Å². The zero-order valence-corrected chi connectivity index (χ0v) is 14.5. The van der Waals surface area contributed by atoms with Gasteiger partial charge in [0, 0.05) is 19.4 Å². The van der Waals surface area contributed by atoms with E-state index < -0.39 is 29.1 Å². The summed E-state index contributed by atoms with van der Waals surface area (Å²) in [6, 6.07) is 3.18. The van der Waals surface area contributed by atoms with Gasteiger partial charge in [0.25, 0.3) is 5.56 Å². The Morgan fingerprint density at radius 2 is 1.92 bits per heavy atom. The molecular formula is C17H22N2O6. The number of hydrogen-bond donors (Lipinski definition) is 1. The summed E-state index contributed by atoms with van der Waals surface area (Å²) < 4.78 is 17.1. The van der Waals surface area contributed by atoms with Gasteiger partial charge in [0.15, 0.2) is 11.9 Å². The molecule has 25 heavy (non-hydrogen) atoms. The molecule has 2 aromatic rings. The van der Waals surface area contributed by atoms with E-state index in [1.54, 1.807) is 19.1 Å². The fourth-order valence-electron chi connectivity index (χ4n) is 2.50. The molecule has 0 bridgehead atoms. The molecule has 0 saturated heterocycles. The molecule has 0 unspecified atom stereocenters. The number of rotatable bonds is 8. The molecule has 0 atom stereocenters. The van der Waals surface area contributed by atoms with Gasteiger partial charge in [-0.05, 0) is 32.9 Å². The van der Waals surface area contributed by atoms with Gasteiger partial charge in [-0.25, -0.2) is 9.78 Å². The van der Waals surface area contributed by atoms with Gasteiger partial charge < -0.3 is 19.3 Å². The van der Waals surface area contributed by atoms with E-state index in [1.165, 1.54) is 10.8 Å². The maximum atomic E-state index is 12.8. The average Bonchev–Trinajstić information content (AvgIpc) is 2.59. The van der Waals surface area contributed by atoms with E-state index in [0.717, 1.165) is 0 Å². The van der Waals surface area contributed by atoms with Crippen LogP contribution in [0.5, 0.6) is 5.75 Å². The number of pyridine rings is 2. The molecule has 8 heteroatoms. The van der Waals surface area contributed by atoms with Crippen molar-refractivity contribution in [1.29, 1.82) is 0 Å².